The van der Waals surface area contributed by atoms with Crippen molar-refractivity contribution in [2.24, 2.45) is 5.92 Å². The van der Waals surface area contributed by atoms with E-state index in [1.54, 1.807) is 29.3 Å². The molecule has 2 aromatic rings. The number of ether oxygens (including phenoxy) is 1. The fourth-order valence-corrected chi connectivity index (χ4v) is 2.80. The number of hydrogen-bond acceptors (Lipinski definition) is 4. The van der Waals surface area contributed by atoms with Gasteiger partial charge in [-0.25, -0.2) is 13.9 Å². The maximum absolute atomic E-state index is 13.8. The molecule has 0 atom stereocenters. The molecule has 130 valence electrons. The van der Waals surface area contributed by atoms with Crippen LogP contribution >= 0.6 is 0 Å². The van der Waals surface area contributed by atoms with E-state index in [0.717, 1.165) is 18.4 Å². The zero-order valence-corrected chi connectivity index (χ0v) is 13.8. The van der Waals surface area contributed by atoms with Crippen molar-refractivity contribution in [3.8, 4) is 5.69 Å². The molecule has 0 saturated heterocycles. The number of halogens is 1. The van der Waals surface area contributed by atoms with Gasteiger partial charge >= 0.3 is 6.09 Å². The second-order valence-electron chi connectivity index (χ2n) is 6.45. The van der Waals surface area contributed by atoms with Crippen LogP contribution in [0.5, 0.6) is 0 Å². The highest BCUT2D eigenvalue weighted by atomic mass is 19.1. The lowest BCUT2D eigenvalue weighted by atomic mass is 10.1. The lowest BCUT2D eigenvalue weighted by molar-refractivity contribution is 0.102. The quantitative estimate of drug-likeness (QED) is 0.857. The van der Waals surface area contributed by atoms with Crippen molar-refractivity contribution in [3.05, 3.63) is 48.0 Å². The van der Waals surface area contributed by atoms with Crippen molar-refractivity contribution in [1.29, 1.82) is 0 Å². The molecule has 4 rings (SSSR count). The molecule has 0 bridgehead atoms. The third-order valence-electron chi connectivity index (χ3n) is 4.53. The largest absolute Gasteiger partial charge is 0.449 e. The zero-order chi connectivity index (χ0) is 17.2. The van der Waals surface area contributed by atoms with Crippen LogP contribution in [-0.2, 0) is 4.74 Å². The van der Waals surface area contributed by atoms with Crippen LogP contribution in [-0.4, -0.2) is 45.7 Å². The van der Waals surface area contributed by atoms with Gasteiger partial charge in [0.25, 0.3) is 0 Å². The van der Waals surface area contributed by atoms with E-state index in [1.165, 1.54) is 10.7 Å². The minimum absolute atomic E-state index is 0.253. The van der Waals surface area contributed by atoms with Gasteiger partial charge in [0, 0.05) is 13.1 Å². The average molecular weight is 342 g/mol. The number of amides is 1. The molecule has 1 aromatic heterocycles. The predicted octanol–water partition coefficient (Wildman–Crippen LogP) is 3.04. The van der Waals surface area contributed by atoms with Gasteiger partial charge in [-0.15, -0.1) is 5.10 Å². The van der Waals surface area contributed by atoms with Crippen LogP contribution in [0.3, 0.4) is 0 Å². The summed E-state index contributed by atoms with van der Waals surface area (Å²) in [6, 6.07) is 6.43. The van der Waals surface area contributed by atoms with E-state index in [0.29, 0.717) is 43.4 Å². The number of aromatic nitrogens is 3. The molecule has 6 nitrogen and oxygen atoms in total. The van der Waals surface area contributed by atoms with Gasteiger partial charge in [0.15, 0.2) is 0 Å². The molecule has 0 radical (unpaired) electrons. The molecule has 2 aliphatic rings. The third kappa shape index (κ3) is 3.55. The molecule has 2 heterocycles. The number of carbonyl (C=O) groups excluding carboxylic acids is 1. The maximum atomic E-state index is 13.8. The summed E-state index contributed by atoms with van der Waals surface area (Å²) in [5, 5.41) is 8.15. The van der Waals surface area contributed by atoms with Gasteiger partial charge in [0.2, 0.25) is 0 Å². The SMILES string of the molecule is O=C(OCC1CC1)N1CC=C(c2cn(-c3ccccc3F)nn2)CC1. The van der Waals surface area contributed by atoms with Gasteiger partial charge in [0.05, 0.1) is 12.8 Å². The molecule has 1 saturated carbocycles. The van der Waals surface area contributed by atoms with Crippen LogP contribution in [0.15, 0.2) is 36.5 Å². The van der Waals surface area contributed by atoms with Crippen molar-refractivity contribution in [1.82, 2.24) is 19.9 Å². The highest BCUT2D eigenvalue weighted by Crippen LogP contribution is 2.29. The smallest absolute Gasteiger partial charge is 0.410 e. The summed E-state index contributed by atoms with van der Waals surface area (Å²) >= 11 is 0. The third-order valence-corrected chi connectivity index (χ3v) is 4.53. The second kappa shape index (κ2) is 6.66. The molecule has 1 aromatic carbocycles. The highest BCUT2D eigenvalue weighted by Gasteiger charge is 2.25. The number of hydrogen-bond donors (Lipinski definition) is 0. The summed E-state index contributed by atoms with van der Waals surface area (Å²) < 4.78 is 20.6. The van der Waals surface area contributed by atoms with Crippen molar-refractivity contribution in [2.75, 3.05) is 19.7 Å². The van der Waals surface area contributed by atoms with Crippen LogP contribution in [0.4, 0.5) is 9.18 Å². The lowest BCUT2D eigenvalue weighted by Crippen LogP contribution is -2.35. The maximum Gasteiger partial charge on any atom is 0.410 e. The van der Waals surface area contributed by atoms with Gasteiger partial charge < -0.3 is 9.64 Å². The first-order chi connectivity index (χ1) is 12.2. The van der Waals surface area contributed by atoms with Crippen molar-refractivity contribution in [3.63, 3.8) is 0 Å². The van der Waals surface area contributed by atoms with E-state index in [9.17, 15) is 9.18 Å². The fourth-order valence-electron chi connectivity index (χ4n) is 2.80. The fraction of sp³-hybridized carbons (Fsp3) is 0.389. The van der Waals surface area contributed by atoms with E-state index in [1.807, 2.05) is 6.08 Å². The van der Waals surface area contributed by atoms with Gasteiger partial charge in [-0.1, -0.05) is 23.4 Å². The van der Waals surface area contributed by atoms with E-state index in [4.69, 9.17) is 4.74 Å². The molecule has 1 aliphatic carbocycles. The molecular formula is C18H19FN4O2. The first-order valence-electron chi connectivity index (χ1n) is 8.49. The molecule has 1 amide bonds. The minimum atomic E-state index is -0.346. The van der Waals surface area contributed by atoms with Gasteiger partial charge in [0.1, 0.15) is 17.2 Å². The van der Waals surface area contributed by atoms with Gasteiger partial charge in [-0.05, 0) is 42.9 Å². The summed E-state index contributed by atoms with van der Waals surface area (Å²) in [6.07, 6.45) is 6.42. The number of para-hydroxylation sites is 1. The molecule has 0 spiro atoms. The van der Waals surface area contributed by atoms with Crippen LogP contribution in [0.2, 0.25) is 0 Å². The van der Waals surface area contributed by atoms with E-state index in [-0.39, 0.29) is 11.9 Å². The van der Waals surface area contributed by atoms with Crippen molar-refractivity contribution < 1.29 is 13.9 Å². The molecule has 0 unspecified atom stereocenters. The van der Waals surface area contributed by atoms with Crippen LogP contribution < -0.4 is 0 Å². The van der Waals surface area contributed by atoms with Gasteiger partial charge in [-0.2, -0.15) is 0 Å². The van der Waals surface area contributed by atoms with Crippen LogP contribution in [0, 0.1) is 11.7 Å². The van der Waals surface area contributed by atoms with Crippen molar-refractivity contribution >= 4 is 11.7 Å². The molecule has 1 aliphatic heterocycles. The summed E-state index contributed by atoms with van der Waals surface area (Å²) in [4.78, 5) is 13.7. The average Bonchev–Trinajstić information content (AvgIpc) is 3.35. The highest BCUT2D eigenvalue weighted by molar-refractivity contribution is 5.71. The Bertz CT molecular complexity index is 813. The first kappa shape index (κ1) is 15.8. The Morgan fingerprint density at radius 1 is 1.32 bits per heavy atom. The number of carbonyl (C=O) groups is 1. The molecule has 7 heteroatoms. The Labute approximate surface area is 144 Å². The minimum Gasteiger partial charge on any atom is -0.449 e. The standard InChI is InChI=1S/C18H19FN4O2/c19-15-3-1-2-4-17(15)23-11-16(20-21-23)14-7-9-22(10-8-14)18(24)25-12-13-5-6-13/h1-4,7,11,13H,5-6,8-10,12H2. The van der Waals surface area contributed by atoms with E-state index in [2.05, 4.69) is 10.3 Å². The Balaban J connectivity index is 1.41. The van der Waals surface area contributed by atoms with E-state index >= 15 is 0 Å². The molecule has 25 heavy (non-hydrogen) atoms. The molecule has 0 N–H and O–H groups in total. The number of nitrogens with zero attached hydrogens (tertiary/aromatic N) is 4. The van der Waals surface area contributed by atoms with E-state index < -0.39 is 0 Å². The topological polar surface area (TPSA) is 60.2 Å². The Morgan fingerprint density at radius 2 is 2.16 bits per heavy atom. The molecule has 1 fully saturated rings. The number of benzene rings is 1. The molecular weight excluding hydrogens is 323 g/mol. The van der Waals surface area contributed by atoms with Crippen LogP contribution in [0.25, 0.3) is 11.3 Å². The van der Waals surface area contributed by atoms with Crippen molar-refractivity contribution in [2.45, 2.75) is 19.3 Å². The predicted molar refractivity (Wildman–Crippen MR) is 89.6 cm³/mol. The van der Waals surface area contributed by atoms with Crippen LogP contribution in [0.1, 0.15) is 25.0 Å². The summed E-state index contributed by atoms with van der Waals surface area (Å²) in [6.45, 7) is 1.61. The second-order valence-corrected chi connectivity index (χ2v) is 6.45. The lowest BCUT2D eigenvalue weighted by Gasteiger charge is -2.25. The summed E-state index contributed by atoms with van der Waals surface area (Å²) in [7, 11) is 0. The van der Waals surface area contributed by atoms with Gasteiger partial charge in [-0.3, -0.25) is 0 Å². The zero-order valence-electron chi connectivity index (χ0n) is 13.8. The Morgan fingerprint density at radius 3 is 2.88 bits per heavy atom. The summed E-state index contributed by atoms with van der Waals surface area (Å²) in [5.74, 6) is 0.217. The monoisotopic (exact) mass is 342 g/mol. The Kier molecular flexibility index (Phi) is 4.21. The normalized spacial score (nSPS) is 17.3. The summed E-state index contributed by atoms with van der Waals surface area (Å²) in [5.41, 5.74) is 2.08. The first-order valence-corrected chi connectivity index (χ1v) is 8.49. The Hall–Kier alpha value is -2.70. The number of rotatable bonds is 4.